The molecule has 26 heavy (non-hydrogen) atoms. The molecule has 0 saturated carbocycles. The van der Waals surface area contributed by atoms with E-state index < -0.39 is 34.3 Å². The quantitative estimate of drug-likeness (QED) is 0.726. The first-order valence-corrected chi connectivity index (χ1v) is 9.41. The van der Waals surface area contributed by atoms with Crippen LogP contribution in [0.1, 0.15) is 10.4 Å². The van der Waals surface area contributed by atoms with Gasteiger partial charge in [-0.1, -0.05) is 23.7 Å². The number of esters is 1. The SMILES string of the molecule is CS(=O)(=O)Nc1ccccc1C(=O)OCC(=O)Nc1ccc(F)c(Cl)c1. The van der Waals surface area contributed by atoms with Crippen LogP contribution in [0.25, 0.3) is 0 Å². The average molecular weight is 401 g/mol. The normalized spacial score (nSPS) is 10.9. The van der Waals surface area contributed by atoms with E-state index >= 15 is 0 Å². The van der Waals surface area contributed by atoms with Crippen molar-refractivity contribution in [1.29, 1.82) is 0 Å². The van der Waals surface area contributed by atoms with Crippen LogP contribution in [-0.2, 0) is 19.6 Å². The zero-order chi connectivity index (χ0) is 19.3. The van der Waals surface area contributed by atoms with Gasteiger partial charge in [-0.15, -0.1) is 0 Å². The van der Waals surface area contributed by atoms with E-state index in [4.69, 9.17) is 16.3 Å². The van der Waals surface area contributed by atoms with Gasteiger partial charge < -0.3 is 10.1 Å². The van der Waals surface area contributed by atoms with Gasteiger partial charge in [-0.25, -0.2) is 17.6 Å². The number of carbonyl (C=O) groups is 2. The van der Waals surface area contributed by atoms with Crippen molar-refractivity contribution in [2.24, 2.45) is 0 Å². The van der Waals surface area contributed by atoms with Crippen molar-refractivity contribution in [3.05, 3.63) is 58.9 Å². The van der Waals surface area contributed by atoms with Gasteiger partial charge in [0, 0.05) is 5.69 Å². The number of sulfonamides is 1. The Balaban J connectivity index is 2.00. The number of hydrogen-bond acceptors (Lipinski definition) is 5. The summed E-state index contributed by atoms with van der Waals surface area (Å²) in [6.07, 6.45) is 0.941. The number of carbonyl (C=O) groups excluding carboxylic acids is 2. The van der Waals surface area contributed by atoms with Gasteiger partial charge in [0.15, 0.2) is 6.61 Å². The lowest BCUT2D eigenvalue weighted by Crippen LogP contribution is -2.22. The van der Waals surface area contributed by atoms with E-state index in [9.17, 15) is 22.4 Å². The Hall–Kier alpha value is -2.65. The van der Waals surface area contributed by atoms with Gasteiger partial charge >= 0.3 is 5.97 Å². The molecule has 0 radical (unpaired) electrons. The number of rotatable bonds is 6. The molecule has 0 aliphatic carbocycles. The predicted molar refractivity (Wildman–Crippen MR) is 95.2 cm³/mol. The molecule has 0 saturated heterocycles. The summed E-state index contributed by atoms with van der Waals surface area (Å²) in [4.78, 5) is 23.9. The Kier molecular flexibility index (Phi) is 6.17. The summed E-state index contributed by atoms with van der Waals surface area (Å²) in [7, 11) is -3.59. The molecular formula is C16H14ClFN2O5S. The summed E-state index contributed by atoms with van der Waals surface area (Å²) in [5.74, 6) is -2.19. The Morgan fingerprint density at radius 1 is 1.19 bits per heavy atom. The standard InChI is InChI=1S/C16H14ClFN2O5S/c1-26(23,24)20-14-5-3-2-4-11(14)16(22)25-9-15(21)19-10-6-7-13(18)12(17)8-10/h2-8,20H,9H2,1H3,(H,19,21). The molecule has 0 spiro atoms. The second-order valence-electron chi connectivity index (χ2n) is 5.17. The topological polar surface area (TPSA) is 102 Å². The molecule has 0 aromatic heterocycles. The summed E-state index contributed by atoms with van der Waals surface area (Å²) in [5, 5.41) is 2.22. The summed E-state index contributed by atoms with van der Waals surface area (Å²) in [6, 6.07) is 9.39. The zero-order valence-electron chi connectivity index (χ0n) is 13.5. The molecule has 2 N–H and O–H groups in total. The van der Waals surface area contributed by atoms with Crippen LogP contribution in [0.3, 0.4) is 0 Å². The number of nitrogens with one attached hydrogen (secondary N) is 2. The molecule has 2 aromatic rings. The van der Waals surface area contributed by atoms with Crippen molar-refractivity contribution >= 4 is 44.9 Å². The van der Waals surface area contributed by atoms with E-state index in [2.05, 4.69) is 10.0 Å². The van der Waals surface area contributed by atoms with Gasteiger partial charge in [0.2, 0.25) is 10.0 Å². The number of para-hydroxylation sites is 1. The molecule has 2 aromatic carbocycles. The van der Waals surface area contributed by atoms with Crippen molar-refractivity contribution in [1.82, 2.24) is 0 Å². The minimum absolute atomic E-state index is 0.0331. The van der Waals surface area contributed by atoms with Crippen LogP contribution in [0.15, 0.2) is 42.5 Å². The van der Waals surface area contributed by atoms with Gasteiger partial charge in [-0.3, -0.25) is 9.52 Å². The molecule has 0 atom stereocenters. The van der Waals surface area contributed by atoms with E-state index in [1.54, 1.807) is 0 Å². The fourth-order valence-corrected chi connectivity index (χ4v) is 2.69. The highest BCUT2D eigenvalue weighted by Gasteiger charge is 2.16. The largest absolute Gasteiger partial charge is 0.452 e. The van der Waals surface area contributed by atoms with Crippen LogP contribution in [0, 0.1) is 5.82 Å². The maximum Gasteiger partial charge on any atom is 0.340 e. The second kappa shape index (κ2) is 8.15. The smallest absolute Gasteiger partial charge is 0.340 e. The van der Waals surface area contributed by atoms with Crippen molar-refractivity contribution in [2.45, 2.75) is 0 Å². The molecule has 0 unspecified atom stereocenters. The third-order valence-corrected chi connectivity index (χ3v) is 3.86. The summed E-state index contributed by atoms with van der Waals surface area (Å²) in [5.41, 5.74) is 0.220. The number of ether oxygens (including phenoxy) is 1. The van der Waals surface area contributed by atoms with Crippen LogP contribution in [0.2, 0.25) is 5.02 Å². The summed E-state index contributed by atoms with van der Waals surface area (Å²) >= 11 is 5.61. The van der Waals surface area contributed by atoms with Crippen LogP contribution < -0.4 is 10.0 Å². The first kappa shape index (κ1) is 19.7. The molecule has 0 fully saturated rings. The predicted octanol–water partition coefficient (Wildman–Crippen LogP) is 2.65. The molecule has 0 aliphatic rings. The monoisotopic (exact) mass is 400 g/mol. The van der Waals surface area contributed by atoms with Crippen molar-refractivity contribution in [2.75, 3.05) is 22.9 Å². The summed E-state index contributed by atoms with van der Waals surface area (Å²) in [6.45, 7) is -0.624. The number of amides is 1. The van der Waals surface area contributed by atoms with Gasteiger partial charge in [0.25, 0.3) is 5.91 Å². The van der Waals surface area contributed by atoms with Gasteiger partial charge in [-0.2, -0.15) is 0 Å². The maximum absolute atomic E-state index is 13.1. The fourth-order valence-electron chi connectivity index (χ4n) is 1.93. The number of benzene rings is 2. The molecule has 0 bridgehead atoms. The fraction of sp³-hybridized carbons (Fsp3) is 0.125. The van der Waals surface area contributed by atoms with E-state index in [0.717, 1.165) is 12.3 Å². The average Bonchev–Trinajstić information content (AvgIpc) is 2.55. The Labute approximate surface area is 154 Å². The number of hydrogen-bond donors (Lipinski definition) is 2. The molecular weight excluding hydrogens is 387 g/mol. The van der Waals surface area contributed by atoms with Crippen LogP contribution in [-0.4, -0.2) is 33.2 Å². The molecule has 7 nitrogen and oxygen atoms in total. The van der Waals surface area contributed by atoms with E-state index in [1.165, 1.54) is 36.4 Å². The number of halogens is 2. The first-order valence-electron chi connectivity index (χ1n) is 7.14. The third-order valence-electron chi connectivity index (χ3n) is 2.98. The Bertz CT molecular complexity index is 949. The van der Waals surface area contributed by atoms with E-state index in [1.807, 2.05) is 0 Å². The minimum atomic E-state index is -3.59. The van der Waals surface area contributed by atoms with Crippen molar-refractivity contribution in [3.63, 3.8) is 0 Å². The maximum atomic E-state index is 13.1. The lowest BCUT2D eigenvalue weighted by molar-refractivity contribution is -0.119. The van der Waals surface area contributed by atoms with Crippen molar-refractivity contribution in [3.8, 4) is 0 Å². The molecule has 0 heterocycles. The highest BCUT2D eigenvalue weighted by molar-refractivity contribution is 7.92. The van der Waals surface area contributed by atoms with Crippen molar-refractivity contribution < 1.29 is 27.1 Å². The number of anilines is 2. The van der Waals surface area contributed by atoms with E-state index in [0.29, 0.717) is 0 Å². The highest BCUT2D eigenvalue weighted by atomic mass is 35.5. The van der Waals surface area contributed by atoms with Gasteiger partial charge in [0.05, 0.1) is 22.5 Å². The first-order chi connectivity index (χ1) is 12.2. The molecule has 2 rings (SSSR count). The molecule has 10 heteroatoms. The highest BCUT2D eigenvalue weighted by Crippen LogP contribution is 2.20. The van der Waals surface area contributed by atoms with Crippen LogP contribution >= 0.6 is 11.6 Å². The minimum Gasteiger partial charge on any atom is -0.452 e. The molecule has 1 amide bonds. The second-order valence-corrected chi connectivity index (χ2v) is 7.33. The van der Waals surface area contributed by atoms with Crippen LogP contribution in [0.4, 0.5) is 15.8 Å². The van der Waals surface area contributed by atoms with Gasteiger partial charge in [0.1, 0.15) is 5.82 Å². The molecule has 138 valence electrons. The van der Waals surface area contributed by atoms with Crippen LogP contribution in [0.5, 0.6) is 0 Å². The third kappa shape index (κ3) is 5.71. The lowest BCUT2D eigenvalue weighted by Gasteiger charge is -2.11. The molecule has 0 aliphatic heterocycles. The Morgan fingerprint density at radius 3 is 2.54 bits per heavy atom. The zero-order valence-corrected chi connectivity index (χ0v) is 15.0. The summed E-state index contributed by atoms with van der Waals surface area (Å²) < 4.78 is 42.8. The Morgan fingerprint density at radius 2 is 1.88 bits per heavy atom. The lowest BCUT2D eigenvalue weighted by atomic mass is 10.2. The van der Waals surface area contributed by atoms with E-state index in [-0.39, 0.29) is 22.0 Å². The van der Waals surface area contributed by atoms with Gasteiger partial charge in [-0.05, 0) is 30.3 Å².